The Kier molecular flexibility index (Phi) is 3.95. The zero-order valence-electron chi connectivity index (χ0n) is 10.5. The number of nitrogens with zero attached hydrogens (tertiary/aromatic N) is 1. The Labute approximate surface area is 125 Å². The topological polar surface area (TPSA) is 30.0 Å². The maximum Gasteiger partial charge on any atom is 0.219 e. The molecule has 0 N–H and O–H groups in total. The van der Waals surface area contributed by atoms with Crippen molar-refractivity contribution in [3.63, 3.8) is 0 Å². The van der Waals surface area contributed by atoms with E-state index >= 15 is 0 Å². The number of hydrogen-bond donors (Lipinski definition) is 0. The summed E-state index contributed by atoms with van der Waals surface area (Å²) < 4.78 is 1.89. The average Bonchev–Trinajstić information content (AvgIpc) is 2.88. The number of benzene rings is 2. The number of rotatable bonds is 3. The van der Waals surface area contributed by atoms with E-state index in [0.717, 1.165) is 20.1 Å². The summed E-state index contributed by atoms with van der Waals surface area (Å²) in [6.07, 6.45) is 3.41. The lowest BCUT2D eigenvalue weighted by atomic mass is 10.2. The van der Waals surface area contributed by atoms with Gasteiger partial charge in [0.1, 0.15) is 0 Å². The third-order valence-electron chi connectivity index (χ3n) is 2.67. The summed E-state index contributed by atoms with van der Waals surface area (Å²) in [4.78, 5) is 16.3. The van der Waals surface area contributed by atoms with Gasteiger partial charge in [0, 0.05) is 0 Å². The Hall–Kier alpha value is -1.91. The minimum Gasteiger partial charge on any atom is -0.282 e. The first-order chi connectivity index (χ1) is 9.81. The van der Waals surface area contributed by atoms with Crippen molar-refractivity contribution in [3.8, 4) is 0 Å². The molecule has 2 aromatic carbocycles. The number of aromatic nitrogens is 1. The molecule has 3 rings (SSSR count). The van der Waals surface area contributed by atoms with Crippen molar-refractivity contribution in [2.45, 2.75) is 4.34 Å². The van der Waals surface area contributed by atoms with E-state index in [1.807, 2.05) is 60.7 Å². The molecule has 0 aliphatic heterocycles. The van der Waals surface area contributed by atoms with E-state index < -0.39 is 0 Å². The first kappa shape index (κ1) is 13.1. The molecule has 4 heteroatoms. The first-order valence-corrected chi connectivity index (χ1v) is 7.75. The summed E-state index contributed by atoms with van der Waals surface area (Å²) in [5, 5.41) is -0.00657. The summed E-state index contributed by atoms with van der Waals surface area (Å²) in [6, 6.07) is 17.7. The molecule has 0 fully saturated rings. The number of fused-ring (bicyclic) bond motifs is 1. The molecule has 20 heavy (non-hydrogen) atoms. The minimum atomic E-state index is -0.00657. The second-order valence-corrected chi connectivity index (χ2v) is 6.39. The lowest BCUT2D eigenvalue weighted by Crippen LogP contribution is -1.83. The Balaban J connectivity index is 1.71. The van der Waals surface area contributed by atoms with Crippen LogP contribution in [0.25, 0.3) is 16.3 Å². The maximum absolute atomic E-state index is 11.9. The van der Waals surface area contributed by atoms with Crippen molar-refractivity contribution in [3.05, 3.63) is 66.2 Å². The zero-order valence-corrected chi connectivity index (χ0v) is 12.2. The molecule has 2 nitrogen and oxygen atoms in total. The molecule has 1 heterocycles. The van der Waals surface area contributed by atoms with E-state index in [1.54, 1.807) is 17.4 Å². The number of thioether (sulfide) groups is 1. The Morgan fingerprint density at radius 2 is 1.80 bits per heavy atom. The largest absolute Gasteiger partial charge is 0.282 e. The minimum absolute atomic E-state index is 0.00657. The Bertz CT molecular complexity index is 729. The molecule has 0 amide bonds. The predicted molar refractivity (Wildman–Crippen MR) is 86.0 cm³/mol. The molecule has 0 radical (unpaired) electrons. The monoisotopic (exact) mass is 297 g/mol. The highest BCUT2D eigenvalue weighted by molar-refractivity contribution is 8.15. The van der Waals surface area contributed by atoms with Crippen LogP contribution in [-0.2, 0) is 4.79 Å². The Morgan fingerprint density at radius 1 is 1.05 bits per heavy atom. The van der Waals surface area contributed by atoms with Gasteiger partial charge in [-0.05, 0) is 35.5 Å². The lowest BCUT2D eigenvalue weighted by Gasteiger charge is -1.91. The van der Waals surface area contributed by atoms with Crippen LogP contribution in [0.1, 0.15) is 5.56 Å². The summed E-state index contributed by atoms with van der Waals surface area (Å²) in [5.41, 5.74) is 1.96. The van der Waals surface area contributed by atoms with Crippen molar-refractivity contribution in [1.82, 2.24) is 4.98 Å². The summed E-state index contributed by atoms with van der Waals surface area (Å²) in [6.45, 7) is 0. The summed E-state index contributed by atoms with van der Waals surface area (Å²) in [5.74, 6) is 0. The fourth-order valence-electron chi connectivity index (χ4n) is 1.74. The number of hydrogen-bond acceptors (Lipinski definition) is 4. The number of carbonyl (C=O) groups is 1. The van der Waals surface area contributed by atoms with E-state index in [0.29, 0.717) is 0 Å². The van der Waals surface area contributed by atoms with Gasteiger partial charge in [0.25, 0.3) is 0 Å². The average molecular weight is 297 g/mol. The maximum atomic E-state index is 11.9. The summed E-state index contributed by atoms with van der Waals surface area (Å²) >= 11 is 2.71. The molecule has 0 saturated heterocycles. The van der Waals surface area contributed by atoms with E-state index in [4.69, 9.17) is 0 Å². The van der Waals surface area contributed by atoms with Crippen molar-refractivity contribution in [2.75, 3.05) is 0 Å². The van der Waals surface area contributed by atoms with E-state index in [1.165, 1.54) is 11.8 Å². The lowest BCUT2D eigenvalue weighted by molar-refractivity contribution is -0.106. The fraction of sp³-hybridized carbons (Fsp3) is 0. The molecule has 0 aliphatic carbocycles. The van der Waals surface area contributed by atoms with Crippen LogP contribution in [0.2, 0.25) is 0 Å². The van der Waals surface area contributed by atoms with Crippen LogP contribution < -0.4 is 0 Å². The first-order valence-electron chi connectivity index (χ1n) is 6.12. The van der Waals surface area contributed by atoms with Gasteiger partial charge in [-0.2, -0.15) is 0 Å². The van der Waals surface area contributed by atoms with Crippen LogP contribution >= 0.6 is 23.1 Å². The quantitative estimate of drug-likeness (QED) is 0.521. The molecule has 3 aromatic rings. The molecule has 0 bridgehead atoms. The zero-order chi connectivity index (χ0) is 13.8. The fourth-order valence-corrected chi connectivity index (χ4v) is 3.57. The number of thiazole rings is 1. The highest BCUT2D eigenvalue weighted by Gasteiger charge is 2.07. The molecule has 0 saturated carbocycles. The van der Waals surface area contributed by atoms with Gasteiger partial charge in [-0.1, -0.05) is 48.5 Å². The SMILES string of the molecule is O=C(/C=C/c1ccccc1)Sc1nc2ccccc2s1. The third-order valence-corrected chi connectivity index (χ3v) is 4.61. The molecule has 0 atom stereocenters. The van der Waals surface area contributed by atoms with Crippen molar-refractivity contribution in [1.29, 1.82) is 0 Å². The second kappa shape index (κ2) is 6.03. The van der Waals surface area contributed by atoms with Crippen molar-refractivity contribution < 1.29 is 4.79 Å². The van der Waals surface area contributed by atoms with Crippen LogP contribution in [0.3, 0.4) is 0 Å². The van der Waals surface area contributed by atoms with Gasteiger partial charge in [0.2, 0.25) is 5.12 Å². The van der Waals surface area contributed by atoms with Crippen LogP contribution in [-0.4, -0.2) is 10.1 Å². The second-order valence-electron chi connectivity index (χ2n) is 4.11. The molecule has 98 valence electrons. The van der Waals surface area contributed by atoms with E-state index in [-0.39, 0.29) is 5.12 Å². The highest BCUT2D eigenvalue weighted by atomic mass is 32.2. The summed E-state index contributed by atoms with van der Waals surface area (Å²) in [7, 11) is 0. The smallest absolute Gasteiger partial charge is 0.219 e. The van der Waals surface area contributed by atoms with Crippen LogP contribution in [0.4, 0.5) is 0 Å². The number of carbonyl (C=O) groups excluding carboxylic acids is 1. The molecular weight excluding hydrogens is 286 g/mol. The normalized spacial score (nSPS) is 11.2. The highest BCUT2D eigenvalue weighted by Crippen LogP contribution is 2.29. The molecular formula is C16H11NOS2. The van der Waals surface area contributed by atoms with Gasteiger partial charge in [0.05, 0.1) is 10.2 Å². The predicted octanol–water partition coefficient (Wildman–Crippen LogP) is 4.63. The molecule has 1 aromatic heterocycles. The van der Waals surface area contributed by atoms with Crippen LogP contribution in [0.15, 0.2) is 65.0 Å². The standard InChI is InChI=1S/C16H11NOS2/c18-15(11-10-12-6-2-1-3-7-12)20-16-17-13-8-4-5-9-14(13)19-16/h1-11H/b11-10+. The van der Waals surface area contributed by atoms with Gasteiger partial charge in [-0.25, -0.2) is 4.98 Å². The van der Waals surface area contributed by atoms with Crippen molar-refractivity contribution >= 4 is 44.5 Å². The van der Waals surface area contributed by atoms with Gasteiger partial charge in [-0.3, -0.25) is 4.79 Å². The van der Waals surface area contributed by atoms with Crippen molar-refractivity contribution in [2.24, 2.45) is 0 Å². The molecule has 0 unspecified atom stereocenters. The van der Waals surface area contributed by atoms with E-state index in [9.17, 15) is 4.79 Å². The van der Waals surface area contributed by atoms with Gasteiger partial charge >= 0.3 is 0 Å². The third kappa shape index (κ3) is 3.15. The Morgan fingerprint density at radius 3 is 2.60 bits per heavy atom. The molecule has 0 aliphatic rings. The van der Waals surface area contributed by atoms with E-state index in [2.05, 4.69) is 4.98 Å². The number of para-hydroxylation sites is 1. The van der Waals surface area contributed by atoms with Gasteiger partial charge in [0.15, 0.2) is 4.34 Å². The molecule has 0 spiro atoms. The van der Waals surface area contributed by atoms with Gasteiger partial charge < -0.3 is 0 Å². The van der Waals surface area contributed by atoms with Crippen LogP contribution in [0, 0.1) is 0 Å². The van der Waals surface area contributed by atoms with Gasteiger partial charge in [-0.15, -0.1) is 11.3 Å². The van der Waals surface area contributed by atoms with Crippen LogP contribution in [0.5, 0.6) is 0 Å².